The highest BCUT2D eigenvalue weighted by molar-refractivity contribution is 8.02. The summed E-state index contributed by atoms with van der Waals surface area (Å²) in [7, 11) is 0. The van der Waals surface area contributed by atoms with Gasteiger partial charge in [0.1, 0.15) is 12.6 Å². The van der Waals surface area contributed by atoms with Gasteiger partial charge in [0.25, 0.3) is 0 Å². The third kappa shape index (κ3) is 3.79. The smallest absolute Gasteiger partial charge is 0.311 e. The third-order valence-electron chi connectivity index (χ3n) is 7.05. The van der Waals surface area contributed by atoms with Gasteiger partial charge in [0.2, 0.25) is 11.8 Å². The van der Waals surface area contributed by atoms with Gasteiger partial charge in [0, 0.05) is 17.3 Å². The Morgan fingerprint density at radius 3 is 2.59 bits per heavy atom. The Bertz CT molecular complexity index is 790. The van der Waals surface area contributed by atoms with Crippen LogP contribution in [0.3, 0.4) is 0 Å². The highest BCUT2D eigenvalue weighted by Crippen LogP contribution is 2.67. The molecule has 3 heterocycles. The Morgan fingerprint density at radius 1 is 1.38 bits per heavy atom. The monoisotopic (exact) mass is 464 g/mol. The van der Waals surface area contributed by atoms with Crippen molar-refractivity contribution in [1.82, 2.24) is 9.80 Å². The number of carbonyl (C=O) groups excluding carboxylic acids is 3. The Kier molecular flexibility index (Phi) is 7.15. The fourth-order valence-corrected chi connectivity index (χ4v) is 7.84. The summed E-state index contributed by atoms with van der Waals surface area (Å²) in [5.41, 5.74) is -0.473. The van der Waals surface area contributed by atoms with Crippen LogP contribution in [-0.4, -0.2) is 80.1 Å². The Hall–Kier alpha value is -1.80. The molecule has 178 valence electrons. The zero-order chi connectivity index (χ0) is 23.8. The molecule has 1 N–H and O–H groups in total. The normalized spacial score (nSPS) is 31.9. The molecule has 1 spiro atoms. The van der Waals surface area contributed by atoms with E-state index in [0.29, 0.717) is 19.4 Å². The van der Waals surface area contributed by atoms with Crippen molar-refractivity contribution in [3.05, 3.63) is 25.3 Å². The number of nitrogens with zero attached hydrogens (tertiary/aromatic N) is 2. The number of carbonyl (C=O) groups is 3. The molecule has 0 aromatic rings. The van der Waals surface area contributed by atoms with Crippen LogP contribution in [0.2, 0.25) is 0 Å². The molecule has 0 saturated carbocycles. The number of ether oxygens (including phenoxy) is 1. The van der Waals surface area contributed by atoms with Crippen molar-refractivity contribution in [3.8, 4) is 0 Å². The van der Waals surface area contributed by atoms with E-state index < -0.39 is 40.2 Å². The van der Waals surface area contributed by atoms with E-state index in [2.05, 4.69) is 13.2 Å². The van der Waals surface area contributed by atoms with Gasteiger partial charge in [-0.15, -0.1) is 18.3 Å². The van der Waals surface area contributed by atoms with Crippen molar-refractivity contribution in [2.75, 3.05) is 19.8 Å². The molecule has 0 radical (unpaired) electrons. The fourth-order valence-electron chi connectivity index (χ4n) is 5.65. The number of hydrogen-bond acceptors (Lipinski definition) is 6. The average Bonchev–Trinajstić information content (AvgIpc) is 3.38. The zero-order valence-electron chi connectivity index (χ0n) is 19.6. The summed E-state index contributed by atoms with van der Waals surface area (Å²) in [4.78, 5) is 44.3. The zero-order valence-corrected chi connectivity index (χ0v) is 20.4. The van der Waals surface area contributed by atoms with Crippen LogP contribution in [0.25, 0.3) is 0 Å². The number of thioether (sulfide) groups is 1. The van der Waals surface area contributed by atoms with Gasteiger partial charge in [-0.25, -0.2) is 0 Å². The summed E-state index contributed by atoms with van der Waals surface area (Å²) in [5, 5.41) is 10.0. The van der Waals surface area contributed by atoms with Crippen LogP contribution in [0.15, 0.2) is 25.3 Å². The number of likely N-dealkylation sites (tertiary alicyclic amines) is 1. The predicted octanol–water partition coefficient (Wildman–Crippen LogP) is 2.39. The second-order valence-electron chi connectivity index (χ2n) is 9.87. The van der Waals surface area contributed by atoms with Crippen LogP contribution >= 0.6 is 11.8 Å². The van der Waals surface area contributed by atoms with Gasteiger partial charge in [-0.05, 0) is 40.0 Å². The van der Waals surface area contributed by atoms with E-state index >= 15 is 0 Å². The third-order valence-corrected chi connectivity index (χ3v) is 9.00. The molecule has 3 aliphatic heterocycles. The molecule has 3 fully saturated rings. The topological polar surface area (TPSA) is 87.2 Å². The lowest BCUT2D eigenvalue weighted by Crippen LogP contribution is -2.60. The van der Waals surface area contributed by atoms with Gasteiger partial charge in [0.05, 0.1) is 29.2 Å². The van der Waals surface area contributed by atoms with E-state index in [-0.39, 0.29) is 30.3 Å². The van der Waals surface area contributed by atoms with Gasteiger partial charge in [-0.1, -0.05) is 25.7 Å². The fraction of sp³-hybridized carbons (Fsp3) is 0.708. The van der Waals surface area contributed by atoms with Crippen LogP contribution in [-0.2, 0) is 19.1 Å². The SMILES string of the molecule is C=CCOC(=O)[C@@H]1[C@@H]2CCC3(S2)C(C(=O)N(CC=C)C(C)(C)C)N([C@@H](CC)CO)C(=O)[C@H]13. The molecule has 32 heavy (non-hydrogen) atoms. The Labute approximate surface area is 195 Å². The average molecular weight is 465 g/mol. The number of hydrogen-bond donors (Lipinski definition) is 1. The summed E-state index contributed by atoms with van der Waals surface area (Å²) in [6, 6.07) is -1.21. The van der Waals surface area contributed by atoms with Crippen molar-refractivity contribution in [3.63, 3.8) is 0 Å². The van der Waals surface area contributed by atoms with Gasteiger partial charge < -0.3 is 19.6 Å². The highest BCUT2D eigenvalue weighted by atomic mass is 32.2. The van der Waals surface area contributed by atoms with E-state index in [9.17, 15) is 19.5 Å². The molecule has 2 amide bonds. The first-order chi connectivity index (χ1) is 15.1. The van der Waals surface area contributed by atoms with Crippen LogP contribution in [0.1, 0.15) is 47.0 Å². The molecule has 0 aromatic heterocycles. The molecule has 0 aliphatic carbocycles. The number of aliphatic hydroxyl groups excluding tert-OH is 1. The van der Waals surface area contributed by atoms with Crippen molar-refractivity contribution >= 4 is 29.5 Å². The van der Waals surface area contributed by atoms with Crippen LogP contribution in [0.4, 0.5) is 0 Å². The van der Waals surface area contributed by atoms with Gasteiger partial charge >= 0.3 is 5.97 Å². The first-order valence-electron chi connectivity index (χ1n) is 11.4. The Balaban J connectivity index is 2.09. The standard InChI is InChI=1S/C24H36N2O5S/c1-7-12-25(23(4,5)6)21(29)19-24-11-10-16(32-24)17(22(30)31-13-8-2)18(24)20(28)26(19)15(9-3)14-27/h7-8,15-19,27H,1-2,9-14H2,3-6H3/t15-,16-,17+,18-,19?,24?/m0/s1. The molecule has 6 atom stereocenters. The van der Waals surface area contributed by atoms with Crippen molar-refractivity contribution in [2.45, 2.75) is 74.6 Å². The first kappa shape index (κ1) is 24.8. The maximum Gasteiger partial charge on any atom is 0.311 e. The van der Waals surface area contributed by atoms with Crippen molar-refractivity contribution in [1.29, 1.82) is 0 Å². The summed E-state index contributed by atoms with van der Waals surface area (Å²) in [6.07, 6.45) is 5.17. The molecular weight excluding hydrogens is 428 g/mol. The number of esters is 1. The maximum absolute atomic E-state index is 14.1. The predicted molar refractivity (Wildman–Crippen MR) is 125 cm³/mol. The lowest BCUT2D eigenvalue weighted by molar-refractivity contribution is -0.153. The summed E-state index contributed by atoms with van der Waals surface area (Å²) in [5.74, 6) is -1.96. The van der Waals surface area contributed by atoms with Crippen LogP contribution in [0.5, 0.6) is 0 Å². The van der Waals surface area contributed by atoms with Gasteiger partial charge in [-0.2, -0.15) is 0 Å². The van der Waals surface area contributed by atoms with Crippen LogP contribution in [0, 0.1) is 11.8 Å². The second-order valence-corrected chi connectivity index (χ2v) is 11.5. The number of aliphatic hydroxyl groups is 1. The van der Waals surface area contributed by atoms with Crippen LogP contribution < -0.4 is 0 Å². The summed E-state index contributed by atoms with van der Waals surface area (Å²) >= 11 is 1.60. The molecule has 7 nitrogen and oxygen atoms in total. The summed E-state index contributed by atoms with van der Waals surface area (Å²) in [6.45, 7) is 15.4. The first-order valence-corrected chi connectivity index (χ1v) is 12.3. The van der Waals surface area contributed by atoms with E-state index in [1.807, 2.05) is 27.7 Å². The number of fused-ring (bicyclic) bond motifs is 1. The minimum Gasteiger partial charge on any atom is -0.461 e. The molecule has 3 aliphatic rings. The molecule has 3 saturated heterocycles. The maximum atomic E-state index is 14.1. The number of rotatable bonds is 9. The van der Waals surface area contributed by atoms with E-state index in [0.717, 1.165) is 6.42 Å². The molecule has 2 unspecified atom stereocenters. The van der Waals surface area contributed by atoms with E-state index in [1.54, 1.807) is 27.6 Å². The van der Waals surface area contributed by atoms with Crippen molar-refractivity contribution < 1.29 is 24.2 Å². The minimum absolute atomic E-state index is 0.0459. The molecule has 0 aromatic carbocycles. The van der Waals surface area contributed by atoms with E-state index in [4.69, 9.17) is 4.74 Å². The Morgan fingerprint density at radius 2 is 2.06 bits per heavy atom. The minimum atomic E-state index is -0.733. The molecule has 8 heteroatoms. The van der Waals surface area contributed by atoms with E-state index in [1.165, 1.54) is 6.08 Å². The quantitative estimate of drug-likeness (QED) is 0.417. The molecule has 2 bridgehead atoms. The van der Waals surface area contributed by atoms with Gasteiger partial charge in [0.15, 0.2) is 0 Å². The number of amides is 2. The highest BCUT2D eigenvalue weighted by Gasteiger charge is 2.74. The molecule has 3 rings (SSSR count). The summed E-state index contributed by atoms with van der Waals surface area (Å²) < 4.78 is 4.68. The lowest BCUT2D eigenvalue weighted by atomic mass is 9.71. The molecular formula is C24H36N2O5S. The largest absolute Gasteiger partial charge is 0.461 e. The second kappa shape index (κ2) is 9.21. The van der Waals surface area contributed by atoms with Gasteiger partial charge in [-0.3, -0.25) is 14.4 Å². The van der Waals surface area contributed by atoms with Crippen molar-refractivity contribution in [2.24, 2.45) is 11.8 Å². The lowest BCUT2D eigenvalue weighted by Gasteiger charge is -2.43.